The van der Waals surface area contributed by atoms with Gasteiger partial charge < -0.3 is 29.4 Å². The van der Waals surface area contributed by atoms with Crippen LogP contribution in [0.2, 0.25) is 0 Å². The van der Waals surface area contributed by atoms with Crippen LogP contribution in [0.25, 0.3) is 16.5 Å². The third-order valence-electron chi connectivity index (χ3n) is 10.1. The standard InChI is InChI=1S/C46H52N7O6P/c1-31(2)42-29-44(53(51-42)36-10-8-9-32(25-36)30-60(4,5)56)50-46(55)49-41-13-14-43(40-12-7-6-11-39(40)41)59-37-15-16-47-35(28-37)24-33-23-34(27-38(26-33)57-3)45(54)48-17-18-52-19-21-58-22-20-52/h6-16,23,25-29,31H,17-22,24,30H2,1-5H3,(H,48,54)(H2,49,50,55). The van der Waals surface area contributed by atoms with Crippen molar-refractivity contribution >= 4 is 41.4 Å². The van der Waals surface area contributed by atoms with Crippen molar-refractivity contribution < 1.29 is 28.4 Å². The average molecular weight is 830 g/mol. The smallest absolute Gasteiger partial charge is 0.324 e. The molecule has 3 heterocycles. The highest BCUT2D eigenvalue weighted by atomic mass is 31.2. The fourth-order valence-electron chi connectivity index (χ4n) is 7.15. The molecule has 0 atom stereocenters. The van der Waals surface area contributed by atoms with E-state index in [-0.39, 0.29) is 11.8 Å². The van der Waals surface area contributed by atoms with E-state index in [1.807, 2.05) is 98.8 Å². The van der Waals surface area contributed by atoms with E-state index in [1.54, 1.807) is 43.5 Å². The van der Waals surface area contributed by atoms with Crippen LogP contribution in [0, 0.1) is 0 Å². The topological polar surface area (TPSA) is 149 Å². The molecule has 4 aromatic carbocycles. The van der Waals surface area contributed by atoms with Gasteiger partial charge in [-0.3, -0.25) is 20.0 Å². The van der Waals surface area contributed by atoms with Crippen molar-refractivity contribution in [3.8, 4) is 22.9 Å². The molecule has 2 aromatic heterocycles. The van der Waals surface area contributed by atoms with Crippen LogP contribution in [-0.2, 0) is 21.9 Å². The lowest BCUT2D eigenvalue weighted by atomic mass is 10.0. The Kier molecular flexibility index (Phi) is 13.3. The van der Waals surface area contributed by atoms with Gasteiger partial charge in [-0.1, -0.05) is 50.2 Å². The zero-order valence-corrected chi connectivity index (χ0v) is 35.6. The van der Waals surface area contributed by atoms with Gasteiger partial charge in [0.2, 0.25) is 0 Å². The number of anilines is 2. The normalized spacial score (nSPS) is 13.3. The Morgan fingerprint density at radius 2 is 1.67 bits per heavy atom. The first-order valence-electron chi connectivity index (χ1n) is 20.1. The number of benzene rings is 4. The van der Waals surface area contributed by atoms with Gasteiger partial charge in [-0.05, 0) is 78.9 Å². The first kappa shape index (κ1) is 42.1. The molecule has 1 saturated heterocycles. The number of carbonyl (C=O) groups excluding carboxylic acids is 2. The summed E-state index contributed by atoms with van der Waals surface area (Å²) in [5.74, 6) is 2.26. The third kappa shape index (κ3) is 11.0. The summed E-state index contributed by atoms with van der Waals surface area (Å²) < 4.78 is 31.7. The lowest BCUT2D eigenvalue weighted by molar-refractivity contribution is 0.0383. The Morgan fingerprint density at radius 3 is 2.43 bits per heavy atom. The Labute approximate surface area is 350 Å². The van der Waals surface area contributed by atoms with Crippen LogP contribution < -0.4 is 25.4 Å². The van der Waals surface area contributed by atoms with Gasteiger partial charge in [0.05, 0.1) is 44.5 Å². The SMILES string of the molecule is COc1cc(Cc2cc(Oc3ccc(NC(=O)Nc4cc(C(C)C)nn4-c4cccc(CP(C)(C)=O)c4)c4ccccc34)ccn2)cc(C(=O)NCCN2CCOCC2)c1. The number of nitrogens with one attached hydrogen (secondary N) is 3. The van der Waals surface area contributed by atoms with E-state index in [9.17, 15) is 14.2 Å². The van der Waals surface area contributed by atoms with Gasteiger partial charge in [0.25, 0.3) is 5.91 Å². The molecule has 13 nitrogen and oxygen atoms in total. The summed E-state index contributed by atoms with van der Waals surface area (Å²) in [7, 11) is -0.708. The van der Waals surface area contributed by atoms with E-state index >= 15 is 0 Å². The summed E-state index contributed by atoms with van der Waals surface area (Å²) in [6.45, 7) is 12.1. The molecule has 6 aromatic rings. The Balaban J connectivity index is 1.05. The van der Waals surface area contributed by atoms with Gasteiger partial charge in [-0.25, -0.2) is 9.48 Å². The number of fused-ring (bicyclic) bond motifs is 1. The Bertz CT molecular complexity index is 2530. The number of amides is 3. The second-order valence-corrected chi connectivity index (χ2v) is 19.2. The first-order valence-corrected chi connectivity index (χ1v) is 22.9. The summed E-state index contributed by atoms with van der Waals surface area (Å²) in [4.78, 5) is 33.7. The van der Waals surface area contributed by atoms with Gasteiger partial charge in [-0.15, -0.1) is 0 Å². The molecule has 0 unspecified atom stereocenters. The van der Waals surface area contributed by atoms with Crippen molar-refractivity contribution in [3.05, 3.63) is 131 Å². The van der Waals surface area contributed by atoms with Crippen LogP contribution >= 0.6 is 7.14 Å². The number of urea groups is 1. The highest BCUT2D eigenvalue weighted by Crippen LogP contribution is 2.41. The Morgan fingerprint density at radius 1 is 0.867 bits per heavy atom. The van der Waals surface area contributed by atoms with Gasteiger partial charge in [0.1, 0.15) is 23.1 Å². The maximum absolute atomic E-state index is 13.6. The van der Waals surface area contributed by atoms with E-state index in [2.05, 4.69) is 25.8 Å². The zero-order valence-electron chi connectivity index (χ0n) is 34.7. The van der Waals surface area contributed by atoms with E-state index in [0.29, 0.717) is 66.7 Å². The lowest BCUT2D eigenvalue weighted by Gasteiger charge is -2.26. The molecule has 0 saturated carbocycles. The van der Waals surface area contributed by atoms with Gasteiger partial charge in [-0.2, -0.15) is 5.10 Å². The number of hydrogen-bond donors (Lipinski definition) is 3. The quantitative estimate of drug-likeness (QED) is 0.0864. The molecular weight excluding hydrogens is 778 g/mol. The van der Waals surface area contributed by atoms with Crippen LogP contribution in [0.5, 0.6) is 17.2 Å². The van der Waals surface area contributed by atoms with Gasteiger partial charge in [0.15, 0.2) is 0 Å². The highest BCUT2D eigenvalue weighted by Gasteiger charge is 2.18. The summed E-state index contributed by atoms with van der Waals surface area (Å²) >= 11 is 0. The van der Waals surface area contributed by atoms with Crippen LogP contribution in [0.4, 0.5) is 16.3 Å². The molecular formula is C46H52N7O6P. The van der Waals surface area contributed by atoms with E-state index < -0.39 is 13.2 Å². The minimum atomic E-state index is -2.29. The van der Waals surface area contributed by atoms with Crippen molar-refractivity contribution in [2.45, 2.75) is 32.3 Å². The summed E-state index contributed by atoms with van der Waals surface area (Å²) in [5.41, 5.74) is 5.27. The third-order valence-corrected chi connectivity index (χ3v) is 11.2. The minimum absolute atomic E-state index is 0.126. The predicted octanol–water partition coefficient (Wildman–Crippen LogP) is 8.76. The minimum Gasteiger partial charge on any atom is -0.497 e. The summed E-state index contributed by atoms with van der Waals surface area (Å²) in [6, 6.07) is 29.7. The molecule has 60 heavy (non-hydrogen) atoms. The molecule has 1 aliphatic heterocycles. The second kappa shape index (κ2) is 18.9. The van der Waals surface area contributed by atoms with E-state index in [1.165, 1.54) is 0 Å². The molecule has 312 valence electrons. The number of carbonyl (C=O) groups is 2. The average Bonchev–Trinajstić information content (AvgIpc) is 3.65. The number of pyridine rings is 1. The molecule has 0 radical (unpaired) electrons. The molecule has 0 bridgehead atoms. The fourth-order valence-corrected chi connectivity index (χ4v) is 8.23. The fraction of sp³-hybridized carbons (Fsp3) is 0.304. The maximum Gasteiger partial charge on any atom is 0.324 e. The van der Waals surface area contributed by atoms with E-state index in [0.717, 1.165) is 58.6 Å². The molecule has 0 aliphatic carbocycles. The lowest BCUT2D eigenvalue weighted by Crippen LogP contribution is -2.41. The summed E-state index contributed by atoms with van der Waals surface area (Å²) in [5, 5.41) is 15.5. The van der Waals surface area contributed by atoms with Crippen LogP contribution in [-0.4, -0.2) is 91.4 Å². The molecule has 0 spiro atoms. The van der Waals surface area contributed by atoms with Crippen molar-refractivity contribution in [2.75, 3.05) is 70.5 Å². The Hall–Kier alpha value is -6.01. The van der Waals surface area contributed by atoms with Crippen molar-refractivity contribution in [1.29, 1.82) is 0 Å². The number of hydrogen-bond acceptors (Lipinski definition) is 9. The summed E-state index contributed by atoms with van der Waals surface area (Å²) in [6.07, 6.45) is 2.62. The van der Waals surface area contributed by atoms with Gasteiger partial charge in [0, 0.05) is 79.1 Å². The molecule has 7 rings (SSSR count). The van der Waals surface area contributed by atoms with Crippen LogP contribution in [0.15, 0.2) is 103 Å². The number of morpholine rings is 1. The molecule has 14 heteroatoms. The largest absolute Gasteiger partial charge is 0.497 e. The van der Waals surface area contributed by atoms with Gasteiger partial charge >= 0.3 is 6.03 Å². The number of aromatic nitrogens is 3. The van der Waals surface area contributed by atoms with E-state index in [4.69, 9.17) is 19.3 Å². The molecule has 3 amide bonds. The second-order valence-electron chi connectivity index (χ2n) is 15.7. The number of ether oxygens (including phenoxy) is 3. The number of methoxy groups -OCH3 is 1. The molecule has 1 aliphatic rings. The van der Waals surface area contributed by atoms with Crippen LogP contribution in [0.1, 0.15) is 52.6 Å². The van der Waals surface area contributed by atoms with Crippen molar-refractivity contribution in [1.82, 2.24) is 25.0 Å². The van der Waals surface area contributed by atoms with Crippen LogP contribution in [0.3, 0.4) is 0 Å². The highest BCUT2D eigenvalue weighted by molar-refractivity contribution is 7.61. The van der Waals surface area contributed by atoms with Crippen molar-refractivity contribution in [3.63, 3.8) is 0 Å². The number of nitrogens with zero attached hydrogens (tertiary/aromatic N) is 4. The molecule has 1 fully saturated rings. The maximum atomic E-state index is 13.6. The zero-order chi connectivity index (χ0) is 42.2. The van der Waals surface area contributed by atoms with Crippen molar-refractivity contribution in [2.24, 2.45) is 0 Å². The first-order chi connectivity index (χ1) is 28.9. The predicted molar refractivity (Wildman–Crippen MR) is 237 cm³/mol. The monoisotopic (exact) mass is 829 g/mol. The molecule has 3 N–H and O–H groups in total. The number of rotatable bonds is 15.